The molecular formula is C33H24N6. The standard InChI is InChI=1S/C33H24N6/c1-3-26(36-32(4-2)38-28-13-7-5-10-22(28)24-20-34-18-16-30(24)38)27-12-9-15-33(37-27)39-29-14-8-6-11-23(29)25-21-35-19-17-31(25)39/h3-21H,1H2,2H3/b32-4+,36-26?. The molecule has 7 aromatic rings. The third kappa shape index (κ3) is 3.57. The van der Waals surface area contributed by atoms with E-state index in [1.165, 1.54) is 0 Å². The van der Waals surface area contributed by atoms with E-state index in [0.29, 0.717) is 5.71 Å². The van der Waals surface area contributed by atoms with E-state index in [9.17, 15) is 0 Å². The van der Waals surface area contributed by atoms with Crippen molar-refractivity contribution in [3.05, 3.63) is 128 Å². The van der Waals surface area contributed by atoms with E-state index >= 15 is 0 Å². The molecular weight excluding hydrogens is 480 g/mol. The molecule has 0 N–H and O–H groups in total. The molecule has 0 spiro atoms. The second kappa shape index (κ2) is 9.19. The fraction of sp³-hybridized carbons (Fsp3) is 0.0303. The van der Waals surface area contributed by atoms with Crippen LogP contribution in [0.3, 0.4) is 0 Å². The Morgan fingerprint density at radius 2 is 1.33 bits per heavy atom. The van der Waals surface area contributed by atoms with Gasteiger partial charge in [-0.3, -0.25) is 19.1 Å². The van der Waals surface area contributed by atoms with E-state index in [-0.39, 0.29) is 0 Å². The minimum absolute atomic E-state index is 0.687. The van der Waals surface area contributed by atoms with Gasteiger partial charge in [0.05, 0.1) is 33.5 Å². The van der Waals surface area contributed by atoms with Gasteiger partial charge in [-0.2, -0.15) is 0 Å². The van der Waals surface area contributed by atoms with Gasteiger partial charge in [-0.05, 0) is 55.5 Å². The van der Waals surface area contributed by atoms with Crippen molar-refractivity contribution in [1.29, 1.82) is 0 Å². The van der Waals surface area contributed by atoms with Crippen LogP contribution in [0.1, 0.15) is 12.6 Å². The Morgan fingerprint density at radius 3 is 2.08 bits per heavy atom. The van der Waals surface area contributed by atoms with Crippen LogP contribution in [-0.4, -0.2) is 29.8 Å². The Hall–Kier alpha value is -5.36. The molecule has 0 aliphatic rings. The summed E-state index contributed by atoms with van der Waals surface area (Å²) in [5.41, 5.74) is 5.68. The number of aliphatic imine (C=N–C) groups is 1. The highest BCUT2D eigenvalue weighted by molar-refractivity contribution is 6.12. The predicted molar refractivity (Wildman–Crippen MR) is 160 cm³/mol. The summed E-state index contributed by atoms with van der Waals surface area (Å²) in [5.74, 6) is 1.60. The van der Waals surface area contributed by atoms with Gasteiger partial charge in [0.1, 0.15) is 11.6 Å². The lowest BCUT2D eigenvalue weighted by molar-refractivity contribution is 1.07. The normalized spacial score (nSPS) is 12.6. The SMILES string of the molecule is C=CC(=N/C(=C\C)n1c2ccccc2c2cnccc21)c1cccc(-n2c3ccccc3c3cnccc32)n1. The van der Waals surface area contributed by atoms with Crippen molar-refractivity contribution in [2.45, 2.75) is 6.92 Å². The van der Waals surface area contributed by atoms with Crippen LogP contribution in [0.2, 0.25) is 0 Å². The molecule has 6 nitrogen and oxygen atoms in total. The van der Waals surface area contributed by atoms with Crippen molar-refractivity contribution in [1.82, 2.24) is 24.1 Å². The molecule has 0 aliphatic carbocycles. The van der Waals surface area contributed by atoms with E-state index in [2.05, 4.69) is 56.0 Å². The molecule has 6 heteroatoms. The first-order valence-electron chi connectivity index (χ1n) is 12.8. The van der Waals surface area contributed by atoms with E-state index in [4.69, 9.17) is 9.98 Å². The predicted octanol–water partition coefficient (Wildman–Crippen LogP) is 7.57. The van der Waals surface area contributed by atoms with Gasteiger partial charge in [-0.1, -0.05) is 49.0 Å². The summed E-state index contributed by atoms with van der Waals surface area (Å²) in [6.45, 7) is 6.09. The molecule has 0 radical (unpaired) electrons. The van der Waals surface area contributed by atoms with Crippen molar-refractivity contribution in [3.8, 4) is 5.82 Å². The molecule has 0 unspecified atom stereocenters. The summed E-state index contributed by atoms with van der Waals surface area (Å²) >= 11 is 0. The molecule has 7 rings (SSSR count). The molecule has 39 heavy (non-hydrogen) atoms. The molecule has 186 valence electrons. The lowest BCUT2D eigenvalue weighted by atomic mass is 10.2. The van der Waals surface area contributed by atoms with Gasteiger partial charge < -0.3 is 0 Å². The van der Waals surface area contributed by atoms with Gasteiger partial charge in [-0.15, -0.1) is 0 Å². The molecule has 0 saturated carbocycles. The van der Waals surface area contributed by atoms with Crippen LogP contribution in [0.5, 0.6) is 0 Å². The summed E-state index contributed by atoms with van der Waals surface area (Å²) < 4.78 is 4.34. The van der Waals surface area contributed by atoms with Gasteiger partial charge in [0, 0.05) is 46.3 Å². The minimum atomic E-state index is 0.687. The summed E-state index contributed by atoms with van der Waals surface area (Å²) in [4.78, 5) is 18.9. The highest BCUT2D eigenvalue weighted by atomic mass is 15.1. The Labute approximate surface area is 224 Å². The average molecular weight is 505 g/mol. The van der Waals surface area contributed by atoms with E-state index in [1.807, 2.05) is 86.3 Å². The second-order valence-electron chi connectivity index (χ2n) is 9.22. The van der Waals surface area contributed by atoms with Crippen molar-refractivity contribution < 1.29 is 0 Å². The van der Waals surface area contributed by atoms with Crippen LogP contribution in [-0.2, 0) is 0 Å². The van der Waals surface area contributed by atoms with Gasteiger partial charge in [0.2, 0.25) is 0 Å². The zero-order valence-corrected chi connectivity index (χ0v) is 21.4. The smallest absolute Gasteiger partial charge is 0.138 e. The molecule has 0 atom stereocenters. The lowest BCUT2D eigenvalue weighted by Crippen LogP contribution is -2.06. The van der Waals surface area contributed by atoms with Crippen molar-refractivity contribution in [2.75, 3.05) is 0 Å². The highest BCUT2D eigenvalue weighted by Crippen LogP contribution is 2.32. The Kier molecular flexibility index (Phi) is 5.37. The number of hydrogen-bond donors (Lipinski definition) is 0. The first kappa shape index (κ1) is 22.8. The maximum Gasteiger partial charge on any atom is 0.138 e. The van der Waals surface area contributed by atoms with Crippen LogP contribution in [0, 0.1) is 0 Å². The van der Waals surface area contributed by atoms with Crippen LogP contribution < -0.4 is 0 Å². The highest BCUT2D eigenvalue weighted by Gasteiger charge is 2.16. The van der Waals surface area contributed by atoms with Crippen LogP contribution >= 0.6 is 0 Å². The maximum absolute atomic E-state index is 5.09. The van der Waals surface area contributed by atoms with Crippen molar-refractivity contribution >= 4 is 55.1 Å². The average Bonchev–Trinajstić information content (AvgIpc) is 3.51. The molecule has 5 heterocycles. The number of para-hydroxylation sites is 2. The third-order valence-electron chi connectivity index (χ3n) is 7.09. The number of nitrogens with zero attached hydrogens (tertiary/aromatic N) is 6. The second-order valence-corrected chi connectivity index (χ2v) is 9.22. The van der Waals surface area contributed by atoms with Crippen LogP contribution in [0.15, 0.2) is 127 Å². The molecule has 0 bridgehead atoms. The number of rotatable bonds is 5. The zero-order chi connectivity index (χ0) is 26.3. The number of fused-ring (bicyclic) bond motifs is 6. The molecule has 2 aromatic carbocycles. The summed E-state index contributed by atoms with van der Waals surface area (Å²) in [7, 11) is 0. The number of allylic oxidation sites excluding steroid dienone is 2. The maximum atomic E-state index is 5.09. The van der Waals surface area contributed by atoms with Gasteiger partial charge >= 0.3 is 0 Å². The number of hydrogen-bond acceptors (Lipinski definition) is 4. The van der Waals surface area contributed by atoms with Crippen molar-refractivity contribution in [3.63, 3.8) is 0 Å². The fourth-order valence-electron chi connectivity index (χ4n) is 5.39. The first-order valence-corrected chi connectivity index (χ1v) is 12.8. The third-order valence-corrected chi connectivity index (χ3v) is 7.09. The zero-order valence-electron chi connectivity index (χ0n) is 21.4. The molecule has 0 saturated heterocycles. The molecule has 0 fully saturated rings. The van der Waals surface area contributed by atoms with E-state index in [1.54, 1.807) is 6.08 Å². The number of pyridine rings is 3. The molecule has 0 amide bonds. The molecule has 5 aromatic heterocycles. The number of benzene rings is 2. The quantitative estimate of drug-likeness (QED) is 0.227. The van der Waals surface area contributed by atoms with Crippen LogP contribution in [0.25, 0.3) is 55.3 Å². The van der Waals surface area contributed by atoms with Gasteiger partial charge in [0.25, 0.3) is 0 Å². The van der Waals surface area contributed by atoms with Crippen molar-refractivity contribution in [2.24, 2.45) is 4.99 Å². The largest absolute Gasteiger partial charge is 0.294 e. The van der Waals surface area contributed by atoms with Gasteiger partial charge in [0.15, 0.2) is 0 Å². The monoisotopic (exact) mass is 504 g/mol. The lowest BCUT2D eigenvalue weighted by Gasteiger charge is -2.11. The summed E-state index contributed by atoms with van der Waals surface area (Å²) in [6.07, 6.45) is 11.2. The minimum Gasteiger partial charge on any atom is -0.294 e. The molecule has 0 aliphatic heterocycles. The summed E-state index contributed by atoms with van der Waals surface area (Å²) in [6, 6.07) is 26.7. The van der Waals surface area contributed by atoms with E-state index < -0.39 is 0 Å². The summed E-state index contributed by atoms with van der Waals surface area (Å²) in [5, 5.41) is 4.46. The topological polar surface area (TPSA) is 60.9 Å². The van der Waals surface area contributed by atoms with E-state index in [0.717, 1.165) is 60.9 Å². The first-order chi connectivity index (χ1) is 19.3. The number of aromatic nitrogens is 5. The Bertz CT molecular complexity index is 2000. The Morgan fingerprint density at radius 1 is 0.718 bits per heavy atom. The Balaban J connectivity index is 1.40. The van der Waals surface area contributed by atoms with Gasteiger partial charge in [-0.25, -0.2) is 9.98 Å². The fourth-order valence-corrected chi connectivity index (χ4v) is 5.39. The van der Waals surface area contributed by atoms with Crippen LogP contribution in [0.4, 0.5) is 0 Å².